The number of nitrogens with zero attached hydrogens (tertiary/aromatic N) is 5. The number of urea groups is 1. The zero-order chi connectivity index (χ0) is 32.7. The molecule has 2 aromatic carbocycles. The highest BCUT2D eigenvalue weighted by Crippen LogP contribution is 2.43. The van der Waals surface area contributed by atoms with E-state index >= 15 is 4.39 Å². The molecule has 0 radical (unpaired) electrons. The number of benzene rings is 2. The van der Waals surface area contributed by atoms with Gasteiger partial charge in [-0.25, -0.2) is 13.6 Å². The number of ether oxygens (including phenoxy) is 1. The summed E-state index contributed by atoms with van der Waals surface area (Å²) in [5.74, 6) is -1.12. The van der Waals surface area contributed by atoms with Crippen molar-refractivity contribution in [3.05, 3.63) is 46.9 Å². The topological polar surface area (TPSA) is 140 Å². The van der Waals surface area contributed by atoms with Crippen molar-refractivity contribution in [3.8, 4) is 11.8 Å². The number of phenolic OH excluding ortho intramolecular Hbond substituents is 1. The Morgan fingerprint density at radius 3 is 2.74 bits per heavy atom. The van der Waals surface area contributed by atoms with E-state index in [1.807, 2.05) is 6.92 Å². The molecule has 4 saturated heterocycles. The van der Waals surface area contributed by atoms with E-state index in [4.69, 9.17) is 9.72 Å². The molecule has 8 rings (SSSR count). The van der Waals surface area contributed by atoms with Crippen molar-refractivity contribution in [1.29, 1.82) is 0 Å². The summed E-state index contributed by atoms with van der Waals surface area (Å²) in [6.45, 7) is 3.69. The van der Waals surface area contributed by atoms with Crippen LogP contribution in [0.15, 0.2) is 24.3 Å². The molecule has 1 spiro atoms. The van der Waals surface area contributed by atoms with E-state index in [1.165, 1.54) is 23.1 Å². The summed E-state index contributed by atoms with van der Waals surface area (Å²) in [5.41, 5.74) is -0.307. The Labute approximate surface area is 269 Å². The minimum atomic E-state index is -1.19. The molecular formula is C33H35F2N7O5. The van der Waals surface area contributed by atoms with Gasteiger partial charge in [-0.15, -0.1) is 0 Å². The standard InChI is InChI=1S/C33H35F2N7O5/c1-2-21-22(35)6-5-18-11-20(43)12-24(25(18)21)42-15-23-26(28(42)44)27(40-9-4-8-33(16-40)29(45)38-30(46)39-33)37-31(36-23)47-17-32-7-3-10-41(32)14-19(34)13-32/h5-6,11-12,19,43H,2-4,7-10,13-17H2,1H3,(H2,38,39,45,46). The largest absolute Gasteiger partial charge is 0.508 e. The van der Waals surface area contributed by atoms with Gasteiger partial charge in [-0.2, -0.15) is 9.97 Å². The van der Waals surface area contributed by atoms with E-state index in [1.54, 1.807) is 11.0 Å². The zero-order valence-corrected chi connectivity index (χ0v) is 25.9. The Hall–Kier alpha value is -4.59. The summed E-state index contributed by atoms with van der Waals surface area (Å²) in [6.07, 6.45) is 2.48. The van der Waals surface area contributed by atoms with Gasteiger partial charge in [0.1, 0.15) is 41.3 Å². The van der Waals surface area contributed by atoms with Gasteiger partial charge in [0.15, 0.2) is 0 Å². The molecule has 4 amide bonds. The molecule has 1 aromatic heterocycles. The molecule has 246 valence electrons. The number of carbonyl (C=O) groups excluding carboxylic acids is 3. The third-order valence-corrected chi connectivity index (χ3v) is 10.5. The van der Waals surface area contributed by atoms with Crippen LogP contribution in [0.1, 0.15) is 60.6 Å². The molecule has 0 aliphatic carbocycles. The number of amides is 4. The molecule has 3 N–H and O–H groups in total. The number of aryl methyl sites for hydroxylation is 1. The summed E-state index contributed by atoms with van der Waals surface area (Å²) >= 11 is 0. The van der Waals surface area contributed by atoms with Crippen molar-refractivity contribution in [2.75, 3.05) is 42.6 Å². The maximum Gasteiger partial charge on any atom is 0.322 e. The predicted molar refractivity (Wildman–Crippen MR) is 167 cm³/mol. The van der Waals surface area contributed by atoms with Gasteiger partial charge in [0.05, 0.1) is 30.0 Å². The Morgan fingerprint density at radius 1 is 1.13 bits per heavy atom. The third-order valence-electron chi connectivity index (χ3n) is 10.5. The van der Waals surface area contributed by atoms with Gasteiger partial charge in [0.2, 0.25) is 0 Å². The van der Waals surface area contributed by atoms with E-state index in [-0.39, 0.29) is 42.8 Å². The number of phenols is 1. The highest BCUT2D eigenvalue weighted by atomic mass is 19.1. The summed E-state index contributed by atoms with van der Waals surface area (Å²) in [5, 5.41) is 16.8. The smallest absolute Gasteiger partial charge is 0.322 e. The first kappa shape index (κ1) is 29.8. The van der Waals surface area contributed by atoms with Crippen LogP contribution in [0.4, 0.5) is 25.1 Å². The fourth-order valence-corrected chi connectivity index (χ4v) is 8.38. The van der Waals surface area contributed by atoms with Crippen molar-refractivity contribution >= 4 is 40.1 Å². The lowest BCUT2D eigenvalue weighted by Gasteiger charge is -2.39. The van der Waals surface area contributed by atoms with Crippen molar-refractivity contribution in [3.63, 3.8) is 0 Å². The lowest BCUT2D eigenvalue weighted by atomic mass is 9.89. The van der Waals surface area contributed by atoms with Crippen molar-refractivity contribution < 1.29 is 33.0 Å². The molecule has 0 saturated carbocycles. The van der Waals surface area contributed by atoms with Crippen molar-refractivity contribution in [2.45, 2.75) is 69.2 Å². The van der Waals surface area contributed by atoms with Gasteiger partial charge < -0.3 is 25.0 Å². The lowest BCUT2D eigenvalue weighted by Crippen LogP contribution is -2.59. The predicted octanol–water partition coefficient (Wildman–Crippen LogP) is 3.33. The van der Waals surface area contributed by atoms with Crippen LogP contribution in [0, 0.1) is 5.82 Å². The first-order valence-electron chi connectivity index (χ1n) is 16.2. The number of imide groups is 1. The molecule has 12 nitrogen and oxygen atoms in total. The SMILES string of the molecule is CCc1c(F)ccc2cc(O)cc(N3Cc4nc(OCC56CCCN5CC(F)C6)nc(N5CCCC6(C5)NC(=O)NC6=O)c4C3=O)c12. The Balaban J connectivity index is 1.21. The summed E-state index contributed by atoms with van der Waals surface area (Å²) in [6, 6.07) is 5.36. The number of anilines is 2. The first-order valence-corrected chi connectivity index (χ1v) is 16.2. The molecule has 47 heavy (non-hydrogen) atoms. The minimum Gasteiger partial charge on any atom is -0.508 e. The van der Waals surface area contributed by atoms with Crippen LogP contribution in [0.3, 0.4) is 0 Å². The van der Waals surface area contributed by atoms with Gasteiger partial charge in [0.25, 0.3) is 11.8 Å². The Bertz CT molecular complexity index is 1860. The fraction of sp³-hybridized carbons (Fsp3) is 0.485. The number of hydrogen-bond donors (Lipinski definition) is 3. The molecular weight excluding hydrogens is 612 g/mol. The van der Waals surface area contributed by atoms with Gasteiger partial charge in [-0.3, -0.25) is 19.8 Å². The number of nitrogens with one attached hydrogen (secondary N) is 2. The average Bonchev–Trinajstić information content (AvgIpc) is 3.75. The Kier molecular flexibility index (Phi) is 6.80. The van der Waals surface area contributed by atoms with E-state index in [0.717, 1.165) is 19.4 Å². The van der Waals surface area contributed by atoms with Crippen molar-refractivity contribution in [2.24, 2.45) is 0 Å². The average molecular weight is 648 g/mol. The van der Waals surface area contributed by atoms with Crippen LogP contribution < -0.4 is 25.2 Å². The molecule has 5 aliphatic rings. The molecule has 3 unspecified atom stereocenters. The van der Waals surface area contributed by atoms with Crippen LogP contribution >= 0.6 is 0 Å². The quantitative estimate of drug-likeness (QED) is 0.344. The van der Waals surface area contributed by atoms with Gasteiger partial charge in [-0.05, 0) is 61.7 Å². The van der Waals surface area contributed by atoms with Gasteiger partial charge in [-0.1, -0.05) is 13.0 Å². The number of fused-ring (bicyclic) bond motifs is 3. The fourth-order valence-electron chi connectivity index (χ4n) is 8.38. The number of alkyl halides is 1. The monoisotopic (exact) mass is 647 g/mol. The number of halogens is 2. The highest BCUT2D eigenvalue weighted by molar-refractivity contribution is 6.16. The third kappa shape index (κ3) is 4.67. The second-order valence-corrected chi connectivity index (χ2v) is 13.4. The number of carbonyl (C=O) groups is 3. The van der Waals surface area contributed by atoms with Gasteiger partial charge in [0, 0.05) is 31.0 Å². The first-order chi connectivity index (χ1) is 22.6. The van der Waals surface area contributed by atoms with Crippen LogP contribution in [0.25, 0.3) is 10.8 Å². The number of aromatic hydroxyl groups is 1. The van der Waals surface area contributed by atoms with E-state index in [9.17, 15) is 23.9 Å². The molecule has 4 fully saturated rings. The second kappa shape index (κ2) is 10.7. The van der Waals surface area contributed by atoms with Crippen LogP contribution in [0.5, 0.6) is 11.8 Å². The molecule has 14 heteroatoms. The van der Waals surface area contributed by atoms with Crippen LogP contribution in [-0.4, -0.2) is 87.9 Å². The Morgan fingerprint density at radius 2 is 1.96 bits per heavy atom. The van der Waals surface area contributed by atoms with Crippen molar-refractivity contribution in [1.82, 2.24) is 25.5 Å². The summed E-state index contributed by atoms with van der Waals surface area (Å²) in [4.78, 5) is 54.3. The maximum atomic E-state index is 15.0. The number of aromatic nitrogens is 2. The number of hydrogen-bond acceptors (Lipinski definition) is 9. The maximum absolute atomic E-state index is 15.0. The van der Waals surface area contributed by atoms with Gasteiger partial charge >= 0.3 is 12.0 Å². The number of rotatable bonds is 6. The number of piperidine rings is 1. The lowest BCUT2D eigenvalue weighted by molar-refractivity contribution is -0.124. The summed E-state index contributed by atoms with van der Waals surface area (Å²) in [7, 11) is 0. The highest BCUT2D eigenvalue weighted by Gasteiger charge is 2.51. The zero-order valence-electron chi connectivity index (χ0n) is 25.9. The minimum absolute atomic E-state index is 0.00169. The van der Waals surface area contributed by atoms with E-state index < -0.39 is 40.9 Å². The summed E-state index contributed by atoms with van der Waals surface area (Å²) < 4.78 is 35.8. The molecule has 6 heterocycles. The molecule has 3 aromatic rings. The molecule has 3 atom stereocenters. The normalized spacial score (nSPS) is 27.1. The molecule has 5 aliphatic heterocycles. The molecule has 0 bridgehead atoms. The van der Waals surface area contributed by atoms with Crippen LogP contribution in [0.2, 0.25) is 0 Å². The van der Waals surface area contributed by atoms with E-state index in [0.29, 0.717) is 66.5 Å². The van der Waals surface area contributed by atoms with E-state index in [2.05, 4.69) is 20.5 Å². The second-order valence-electron chi connectivity index (χ2n) is 13.4. The van der Waals surface area contributed by atoms with Crippen LogP contribution in [-0.2, 0) is 17.8 Å².